The summed E-state index contributed by atoms with van der Waals surface area (Å²) in [5.41, 5.74) is -1.62. The van der Waals surface area contributed by atoms with Crippen LogP contribution in [0.5, 0.6) is 0 Å². The van der Waals surface area contributed by atoms with Crippen LogP contribution in [0.2, 0.25) is 5.02 Å². The minimum atomic E-state index is -1.53. The van der Waals surface area contributed by atoms with Gasteiger partial charge >= 0.3 is 17.9 Å². The lowest BCUT2D eigenvalue weighted by Gasteiger charge is -2.05. The maximum absolute atomic E-state index is 10.7. The molecule has 0 spiro atoms. The van der Waals surface area contributed by atoms with Crippen molar-refractivity contribution >= 4 is 29.5 Å². The molecule has 16 heavy (non-hydrogen) atoms. The Morgan fingerprint density at radius 1 is 0.812 bits per heavy atom. The number of hydrogen-bond donors (Lipinski definition) is 3. The molecule has 0 radical (unpaired) electrons. The summed E-state index contributed by atoms with van der Waals surface area (Å²) in [6.45, 7) is 0. The molecule has 0 amide bonds. The Morgan fingerprint density at radius 3 is 1.56 bits per heavy atom. The first kappa shape index (κ1) is 12.0. The fourth-order valence-corrected chi connectivity index (χ4v) is 1.34. The van der Waals surface area contributed by atoms with Crippen molar-refractivity contribution in [2.24, 2.45) is 0 Å². The van der Waals surface area contributed by atoms with E-state index in [1.165, 1.54) is 0 Å². The van der Waals surface area contributed by atoms with E-state index >= 15 is 0 Å². The van der Waals surface area contributed by atoms with Gasteiger partial charge in [0.2, 0.25) is 0 Å². The van der Waals surface area contributed by atoms with Crippen LogP contribution < -0.4 is 0 Å². The number of carboxylic acid groups (broad SMARTS) is 3. The molecular formula is C9H5ClO6. The second-order valence-electron chi connectivity index (χ2n) is 2.79. The second kappa shape index (κ2) is 4.19. The van der Waals surface area contributed by atoms with Crippen LogP contribution in [0.3, 0.4) is 0 Å². The number of aromatic carboxylic acids is 3. The number of benzene rings is 1. The van der Waals surface area contributed by atoms with E-state index in [0.717, 1.165) is 12.1 Å². The van der Waals surface area contributed by atoms with Gasteiger partial charge in [0.05, 0.1) is 21.7 Å². The van der Waals surface area contributed by atoms with Crippen LogP contribution in [-0.4, -0.2) is 33.2 Å². The standard InChI is InChI=1S/C9H5ClO6/c10-6-2-4(8(13)14)3(7(11)12)1-5(6)9(15)16/h1-2H,(H,11,12)(H,13,14)(H,15,16). The third-order valence-electron chi connectivity index (χ3n) is 1.80. The maximum Gasteiger partial charge on any atom is 0.337 e. The molecule has 0 aromatic heterocycles. The third-order valence-corrected chi connectivity index (χ3v) is 2.11. The van der Waals surface area contributed by atoms with Gasteiger partial charge in [-0.1, -0.05) is 11.6 Å². The normalized spacial score (nSPS) is 9.81. The zero-order valence-corrected chi connectivity index (χ0v) is 8.35. The number of carboxylic acids is 3. The second-order valence-corrected chi connectivity index (χ2v) is 3.20. The summed E-state index contributed by atoms with van der Waals surface area (Å²) in [5.74, 6) is -4.45. The SMILES string of the molecule is O=C(O)c1cc(C(=O)O)c(C(=O)O)cc1Cl. The Morgan fingerprint density at radius 2 is 1.19 bits per heavy atom. The van der Waals surface area contributed by atoms with Crippen LogP contribution in [0.4, 0.5) is 0 Å². The molecule has 7 heteroatoms. The highest BCUT2D eigenvalue weighted by molar-refractivity contribution is 6.34. The first-order valence-electron chi connectivity index (χ1n) is 3.88. The Kier molecular flexibility index (Phi) is 3.14. The predicted molar refractivity (Wildman–Crippen MR) is 52.3 cm³/mol. The average Bonchev–Trinajstić information content (AvgIpc) is 2.15. The van der Waals surface area contributed by atoms with E-state index in [4.69, 9.17) is 26.9 Å². The lowest BCUT2D eigenvalue weighted by Crippen LogP contribution is -2.11. The topological polar surface area (TPSA) is 112 Å². The fraction of sp³-hybridized carbons (Fsp3) is 0. The number of rotatable bonds is 3. The molecule has 0 bridgehead atoms. The van der Waals surface area contributed by atoms with Gasteiger partial charge in [-0.15, -0.1) is 0 Å². The molecule has 0 aliphatic rings. The van der Waals surface area contributed by atoms with E-state index < -0.39 is 34.6 Å². The molecule has 3 N–H and O–H groups in total. The van der Waals surface area contributed by atoms with Gasteiger partial charge < -0.3 is 15.3 Å². The van der Waals surface area contributed by atoms with Crippen LogP contribution in [-0.2, 0) is 0 Å². The van der Waals surface area contributed by atoms with Gasteiger partial charge in [-0.25, -0.2) is 14.4 Å². The Balaban J connectivity index is 3.55. The highest BCUT2D eigenvalue weighted by atomic mass is 35.5. The molecule has 0 unspecified atom stereocenters. The van der Waals surface area contributed by atoms with Crippen molar-refractivity contribution in [3.8, 4) is 0 Å². The van der Waals surface area contributed by atoms with Crippen LogP contribution in [0, 0.1) is 0 Å². The zero-order valence-electron chi connectivity index (χ0n) is 7.60. The lowest BCUT2D eigenvalue weighted by atomic mass is 10.0. The molecule has 6 nitrogen and oxygen atoms in total. The molecule has 0 fully saturated rings. The van der Waals surface area contributed by atoms with E-state index in [1.807, 2.05) is 0 Å². The summed E-state index contributed by atoms with van der Waals surface area (Å²) in [6.07, 6.45) is 0. The van der Waals surface area contributed by atoms with E-state index in [1.54, 1.807) is 0 Å². The Labute approximate surface area is 93.7 Å². The average molecular weight is 245 g/mol. The molecule has 0 heterocycles. The smallest absolute Gasteiger partial charge is 0.337 e. The summed E-state index contributed by atoms with van der Waals surface area (Å²) in [4.78, 5) is 32.1. The van der Waals surface area contributed by atoms with Crippen molar-refractivity contribution in [1.29, 1.82) is 0 Å². The summed E-state index contributed by atoms with van der Waals surface area (Å²) in [5, 5.41) is 25.8. The summed E-state index contributed by atoms with van der Waals surface area (Å²) in [6, 6.07) is 1.52. The molecule has 1 rings (SSSR count). The monoisotopic (exact) mass is 244 g/mol. The van der Waals surface area contributed by atoms with Crippen molar-refractivity contribution in [3.05, 3.63) is 33.8 Å². The van der Waals surface area contributed by atoms with Crippen molar-refractivity contribution in [1.82, 2.24) is 0 Å². The van der Waals surface area contributed by atoms with Crippen molar-refractivity contribution in [2.45, 2.75) is 0 Å². The van der Waals surface area contributed by atoms with Crippen LogP contribution in [0.25, 0.3) is 0 Å². The van der Waals surface area contributed by atoms with Gasteiger partial charge in [0.1, 0.15) is 0 Å². The molecule has 0 aliphatic heterocycles. The van der Waals surface area contributed by atoms with E-state index in [-0.39, 0.29) is 5.02 Å². The molecule has 0 saturated carbocycles. The molecule has 1 aromatic rings. The third kappa shape index (κ3) is 2.12. The first-order chi connectivity index (χ1) is 7.34. The van der Waals surface area contributed by atoms with Crippen LogP contribution >= 0.6 is 11.6 Å². The quantitative estimate of drug-likeness (QED) is 0.742. The number of carbonyl (C=O) groups is 3. The largest absolute Gasteiger partial charge is 0.478 e. The first-order valence-corrected chi connectivity index (χ1v) is 4.25. The van der Waals surface area contributed by atoms with Crippen molar-refractivity contribution < 1.29 is 29.7 Å². The summed E-state index contributed by atoms with van der Waals surface area (Å²) < 4.78 is 0. The molecule has 0 saturated heterocycles. The minimum Gasteiger partial charge on any atom is -0.478 e. The molecule has 0 aliphatic carbocycles. The van der Waals surface area contributed by atoms with Crippen molar-refractivity contribution in [2.75, 3.05) is 0 Å². The lowest BCUT2D eigenvalue weighted by molar-refractivity contribution is 0.0649. The molecule has 1 aromatic carbocycles. The Hall–Kier alpha value is -2.08. The van der Waals surface area contributed by atoms with Gasteiger partial charge in [0.15, 0.2) is 0 Å². The number of halogens is 1. The fourth-order valence-electron chi connectivity index (χ4n) is 1.09. The van der Waals surface area contributed by atoms with Gasteiger partial charge in [-0.05, 0) is 12.1 Å². The van der Waals surface area contributed by atoms with Gasteiger partial charge in [-0.2, -0.15) is 0 Å². The van der Waals surface area contributed by atoms with Gasteiger partial charge in [0.25, 0.3) is 0 Å². The van der Waals surface area contributed by atoms with Crippen LogP contribution in [0.15, 0.2) is 12.1 Å². The van der Waals surface area contributed by atoms with E-state index in [0.29, 0.717) is 0 Å². The maximum atomic E-state index is 10.7. The predicted octanol–water partition coefficient (Wildman–Crippen LogP) is 1.43. The Bertz CT molecular complexity index is 493. The highest BCUT2D eigenvalue weighted by Gasteiger charge is 2.21. The van der Waals surface area contributed by atoms with Crippen molar-refractivity contribution in [3.63, 3.8) is 0 Å². The minimum absolute atomic E-state index is 0.324. The van der Waals surface area contributed by atoms with E-state index in [9.17, 15) is 14.4 Å². The summed E-state index contributed by atoms with van der Waals surface area (Å²) in [7, 11) is 0. The zero-order chi connectivity index (χ0) is 12.5. The summed E-state index contributed by atoms with van der Waals surface area (Å²) >= 11 is 5.51. The highest BCUT2D eigenvalue weighted by Crippen LogP contribution is 2.22. The van der Waals surface area contributed by atoms with Gasteiger partial charge in [0, 0.05) is 0 Å². The van der Waals surface area contributed by atoms with Gasteiger partial charge in [-0.3, -0.25) is 0 Å². The molecular weight excluding hydrogens is 240 g/mol. The molecule has 0 atom stereocenters. The van der Waals surface area contributed by atoms with E-state index in [2.05, 4.69) is 0 Å². The number of hydrogen-bond acceptors (Lipinski definition) is 3. The molecule has 84 valence electrons. The van der Waals surface area contributed by atoms with Crippen LogP contribution in [0.1, 0.15) is 31.1 Å².